The third kappa shape index (κ3) is 5.06. The smallest absolute Gasteiger partial charge is 0.239 e. The summed E-state index contributed by atoms with van der Waals surface area (Å²) < 4.78 is 6.00. The van der Waals surface area contributed by atoms with Crippen LogP contribution >= 0.6 is 27.3 Å². The lowest BCUT2D eigenvalue weighted by molar-refractivity contribution is -0.132. The number of nitrogens with two attached hydrogens (primary N) is 1. The van der Waals surface area contributed by atoms with Crippen LogP contribution in [0.15, 0.2) is 15.9 Å². The molecule has 102 valence electrons. The van der Waals surface area contributed by atoms with Gasteiger partial charge >= 0.3 is 0 Å². The van der Waals surface area contributed by atoms with E-state index in [9.17, 15) is 4.79 Å². The van der Waals surface area contributed by atoms with Gasteiger partial charge in [0.25, 0.3) is 0 Å². The fourth-order valence-corrected chi connectivity index (χ4v) is 3.11. The minimum Gasteiger partial charge on any atom is -0.385 e. The Hall–Kier alpha value is -0.430. The number of methoxy groups -OCH3 is 1. The fraction of sp³-hybridized carbons (Fsp3) is 0.583. The average Bonchev–Trinajstić information content (AvgIpc) is 2.73. The van der Waals surface area contributed by atoms with Crippen LogP contribution < -0.4 is 5.73 Å². The average molecular weight is 335 g/mol. The summed E-state index contributed by atoms with van der Waals surface area (Å²) in [5.74, 6) is -0.0179. The summed E-state index contributed by atoms with van der Waals surface area (Å²) in [6, 6.07) is 1.58. The lowest BCUT2D eigenvalue weighted by Crippen LogP contribution is -2.41. The number of thiophene rings is 1. The van der Waals surface area contributed by atoms with Gasteiger partial charge in [-0.3, -0.25) is 4.79 Å². The summed E-state index contributed by atoms with van der Waals surface area (Å²) in [4.78, 5) is 14.8. The number of likely N-dealkylation sites (N-methyl/N-ethyl adjacent to an activating group) is 1. The van der Waals surface area contributed by atoms with Crippen molar-refractivity contribution in [3.8, 4) is 0 Å². The highest BCUT2D eigenvalue weighted by molar-refractivity contribution is 9.10. The van der Waals surface area contributed by atoms with E-state index in [0.717, 1.165) is 15.8 Å². The summed E-state index contributed by atoms with van der Waals surface area (Å²) in [7, 11) is 3.43. The molecule has 1 aromatic heterocycles. The first-order chi connectivity index (χ1) is 8.54. The normalized spacial score (nSPS) is 12.4. The summed E-state index contributed by atoms with van der Waals surface area (Å²) in [6.45, 7) is 1.25. The van der Waals surface area contributed by atoms with Crippen LogP contribution in [0.4, 0.5) is 0 Å². The van der Waals surface area contributed by atoms with E-state index in [1.165, 1.54) is 0 Å². The molecule has 1 amide bonds. The first-order valence-corrected chi connectivity index (χ1v) is 7.44. The zero-order valence-electron chi connectivity index (χ0n) is 10.7. The molecule has 1 aromatic rings. The van der Waals surface area contributed by atoms with Crippen molar-refractivity contribution in [3.63, 3.8) is 0 Å². The molecule has 4 nitrogen and oxygen atoms in total. The summed E-state index contributed by atoms with van der Waals surface area (Å²) >= 11 is 5.03. The Morgan fingerprint density at radius 2 is 2.39 bits per heavy atom. The molecule has 0 aliphatic heterocycles. The number of carbonyl (C=O) groups excluding carboxylic acids is 1. The number of hydrogen-bond donors (Lipinski definition) is 1. The first kappa shape index (κ1) is 15.6. The van der Waals surface area contributed by atoms with E-state index in [1.54, 1.807) is 30.4 Å². The molecular weight excluding hydrogens is 316 g/mol. The third-order valence-electron chi connectivity index (χ3n) is 2.57. The van der Waals surface area contributed by atoms with Crippen molar-refractivity contribution in [2.24, 2.45) is 5.73 Å². The van der Waals surface area contributed by atoms with Crippen LogP contribution in [0.1, 0.15) is 17.7 Å². The molecule has 1 atom stereocenters. The Labute approximate surface area is 120 Å². The number of carbonyl (C=O) groups is 1. The molecule has 18 heavy (non-hydrogen) atoms. The van der Waals surface area contributed by atoms with Crippen LogP contribution in [0.25, 0.3) is 0 Å². The molecule has 1 heterocycles. The van der Waals surface area contributed by atoms with Crippen LogP contribution in [0.5, 0.6) is 0 Å². The number of rotatable bonds is 7. The fourth-order valence-electron chi connectivity index (χ4n) is 1.60. The van der Waals surface area contributed by atoms with Crippen LogP contribution in [-0.2, 0) is 16.1 Å². The molecule has 6 heteroatoms. The van der Waals surface area contributed by atoms with Crippen LogP contribution in [0.2, 0.25) is 0 Å². The highest BCUT2D eigenvalue weighted by Gasteiger charge is 2.18. The number of amides is 1. The Morgan fingerprint density at radius 3 is 2.94 bits per heavy atom. The van der Waals surface area contributed by atoms with Gasteiger partial charge in [-0.05, 0) is 34.8 Å². The number of halogens is 1. The van der Waals surface area contributed by atoms with Gasteiger partial charge in [0.15, 0.2) is 0 Å². The predicted molar refractivity (Wildman–Crippen MR) is 77.6 cm³/mol. The number of ether oxygens (including phenoxy) is 1. The van der Waals surface area contributed by atoms with Gasteiger partial charge in [0.2, 0.25) is 5.91 Å². The van der Waals surface area contributed by atoms with Crippen LogP contribution in [0.3, 0.4) is 0 Å². The summed E-state index contributed by atoms with van der Waals surface area (Å²) in [5.41, 5.74) is 5.87. The lowest BCUT2D eigenvalue weighted by Gasteiger charge is -2.20. The summed E-state index contributed by atoms with van der Waals surface area (Å²) in [5, 5.41) is 2.01. The van der Waals surface area contributed by atoms with Gasteiger partial charge in [-0.2, -0.15) is 0 Å². The van der Waals surface area contributed by atoms with E-state index in [4.69, 9.17) is 10.5 Å². The van der Waals surface area contributed by atoms with E-state index in [-0.39, 0.29) is 5.91 Å². The molecule has 0 aliphatic rings. The SMILES string of the molecule is COCCCC(N)C(=O)N(C)Cc1cc(Br)cs1. The molecule has 0 saturated heterocycles. The van der Waals surface area contributed by atoms with Gasteiger partial charge in [0, 0.05) is 35.5 Å². The maximum atomic E-state index is 12.0. The minimum absolute atomic E-state index is 0.0179. The van der Waals surface area contributed by atoms with Crippen molar-refractivity contribution in [2.75, 3.05) is 20.8 Å². The standard InChI is InChI=1S/C12H19BrN2O2S/c1-15(7-10-6-9(13)8-18-10)12(16)11(14)4-3-5-17-2/h6,8,11H,3-5,7,14H2,1-2H3. The van der Waals surface area contributed by atoms with Crippen molar-refractivity contribution in [2.45, 2.75) is 25.4 Å². The van der Waals surface area contributed by atoms with E-state index in [1.807, 2.05) is 11.4 Å². The van der Waals surface area contributed by atoms with E-state index >= 15 is 0 Å². The molecule has 0 aromatic carbocycles. The zero-order valence-corrected chi connectivity index (χ0v) is 13.1. The second kappa shape index (κ2) is 7.89. The lowest BCUT2D eigenvalue weighted by atomic mass is 10.1. The van der Waals surface area contributed by atoms with Gasteiger partial charge < -0.3 is 15.4 Å². The monoisotopic (exact) mass is 334 g/mol. The molecule has 1 rings (SSSR count). The van der Waals surface area contributed by atoms with Crippen LogP contribution in [0, 0.1) is 0 Å². The molecule has 1 unspecified atom stereocenters. The maximum absolute atomic E-state index is 12.0. The Morgan fingerprint density at radius 1 is 1.67 bits per heavy atom. The van der Waals surface area contributed by atoms with Crippen LogP contribution in [-0.4, -0.2) is 37.6 Å². The molecule has 0 radical (unpaired) electrons. The van der Waals surface area contributed by atoms with Gasteiger partial charge in [0.05, 0.1) is 12.6 Å². The molecular formula is C12H19BrN2O2S. The molecule has 0 fully saturated rings. The van der Waals surface area contributed by atoms with E-state index < -0.39 is 6.04 Å². The predicted octanol–water partition coefficient (Wildman–Crippen LogP) is 2.22. The van der Waals surface area contributed by atoms with Crippen molar-refractivity contribution in [1.29, 1.82) is 0 Å². The molecule has 0 bridgehead atoms. The molecule has 2 N–H and O–H groups in total. The third-order valence-corrected chi connectivity index (χ3v) is 4.25. The van der Waals surface area contributed by atoms with Gasteiger partial charge in [-0.15, -0.1) is 11.3 Å². The second-order valence-corrected chi connectivity index (χ2v) is 6.08. The highest BCUT2D eigenvalue weighted by atomic mass is 79.9. The Balaban J connectivity index is 2.40. The highest BCUT2D eigenvalue weighted by Crippen LogP contribution is 2.21. The minimum atomic E-state index is -0.437. The zero-order chi connectivity index (χ0) is 13.5. The van der Waals surface area contributed by atoms with Gasteiger partial charge in [-0.25, -0.2) is 0 Å². The van der Waals surface area contributed by atoms with Gasteiger partial charge in [0.1, 0.15) is 0 Å². The second-order valence-electron chi connectivity index (χ2n) is 4.17. The maximum Gasteiger partial charge on any atom is 0.239 e. The van der Waals surface area contributed by atoms with Crippen molar-refractivity contribution >= 4 is 33.2 Å². The topological polar surface area (TPSA) is 55.6 Å². The summed E-state index contributed by atoms with van der Waals surface area (Å²) in [6.07, 6.45) is 1.47. The van der Waals surface area contributed by atoms with Gasteiger partial charge in [-0.1, -0.05) is 0 Å². The molecule has 0 saturated carbocycles. The van der Waals surface area contributed by atoms with Crippen molar-refractivity contribution in [3.05, 3.63) is 20.8 Å². The number of hydrogen-bond acceptors (Lipinski definition) is 4. The first-order valence-electron chi connectivity index (χ1n) is 5.77. The number of nitrogens with zero attached hydrogens (tertiary/aromatic N) is 1. The van der Waals surface area contributed by atoms with E-state index in [2.05, 4.69) is 15.9 Å². The Bertz CT molecular complexity index is 384. The molecule has 0 aliphatic carbocycles. The van der Waals surface area contributed by atoms with E-state index in [0.29, 0.717) is 19.6 Å². The molecule has 0 spiro atoms. The Kier molecular flexibility index (Phi) is 6.85. The largest absolute Gasteiger partial charge is 0.385 e. The van der Waals surface area contributed by atoms with Crippen molar-refractivity contribution < 1.29 is 9.53 Å². The van der Waals surface area contributed by atoms with Crippen molar-refractivity contribution in [1.82, 2.24) is 4.90 Å². The quantitative estimate of drug-likeness (QED) is 0.778.